The van der Waals surface area contributed by atoms with Gasteiger partial charge in [-0.3, -0.25) is 14.9 Å². The van der Waals surface area contributed by atoms with Gasteiger partial charge in [0, 0.05) is 24.4 Å². The highest BCUT2D eigenvalue weighted by molar-refractivity contribution is 7.99. The smallest absolute Gasteiger partial charge is 0.311 e. The maximum absolute atomic E-state index is 12.4. The molecule has 1 amide bonds. The standard InChI is InChI=1S/C18H19N5O4S2/c1-4-22-17(15-6-5-7-28-15)20-21-18(22)29-10-16(24)19-12-9-14(27-3)13(23(25)26)8-11(12)2/h5-9H,4,10H2,1-3H3,(H,19,24). The molecule has 3 rings (SSSR count). The molecule has 2 heterocycles. The van der Waals surface area contributed by atoms with Gasteiger partial charge in [0.05, 0.1) is 22.7 Å². The Kier molecular flexibility index (Phi) is 6.49. The summed E-state index contributed by atoms with van der Waals surface area (Å²) in [5.74, 6) is 0.745. The lowest BCUT2D eigenvalue weighted by Crippen LogP contribution is -2.15. The number of benzene rings is 1. The largest absolute Gasteiger partial charge is 0.490 e. The summed E-state index contributed by atoms with van der Waals surface area (Å²) in [6.45, 7) is 4.37. The molecule has 0 spiro atoms. The van der Waals surface area contributed by atoms with Crippen molar-refractivity contribution >= 4 is 40.4 Å². The maximum Gasteiger partial charge on any atom is 0.311 e. The number of methoxy groups -OCH3 is 1. The van der Waals surface area contributed by atoms with Gasteiger partial charge in [-0.2, -0.15) is 0 Å². The number of carbonyl (C=O) groups is 1. The monoisotopic (exact) mass is 433 g/mol. The molecule has 2 aromatic heterocycles. The Bertz CT molecular complexity index is 1030. The Hall–Kier alpha value is -2.92. The fourth-order valence-electron chi connectivity index (χ4n) is 2.70. The van der Waals surface area contributed by atoms with Crippen LogP contribution in [-0.2, 0) is 11.3 Å². The number of rotatable bonds is 8. The first kappa shape index (κ1) is 20.8. The van der Waals surface area contributed by atoms with Crippen molar-refractivity contribution in [1.29, 1.82) is 0 Å². The molecule has 29 heavy (non-hydrogen) atoms. The number of hydrogen-bond donors (Lipinski definition) is 1. The third-order valence-corrected chi connectivity index (χ3v) is 5.94. The summed E-state index contributed by atoms with van der Waals surface area (Å²) in [4.78, 5) is 24.0. The number of carbonyl (C=O) groups excluding carboxylic acids is 1. The molecule has 11 heteroatoms. The van der Waals surface area contributed by atoms with Crippen LogP contribution in [0.5, 0.6) is 5.75 Å². The van der Waals surface area contributed by atoms with Crippen LogP contribution in [0.4, 0.5) is 11.4 Å². The Morgan fingerprint density at radius 1 is 1.41 bits per heavy atom. The zero-order valence-corrected chi connectivity index (χ0v) is 17.7. The van der Waals surface area contributed by atoms with Gasteiger partial charge >= 0.3 is 5.69 Å². The molecule has 0 saturated carbocycles. The molecule has 1 aromatic carbocycles. The first-order chi connectivity index (χ1) is 13.9. The molecular formula is C18H19N5O4S2. The summed E-state index contributed by atoms with van der Waals surface area (Å²) in [6.07, 6.45) is 0. The molecule has 0 aliphatic rings. The lowest BCUT2D eigenvalue weighted by molar-refractivity contribution is -0.385. The van der Waals surface area contributed by atoms with Crippen molar-refractivity contribution in [3.05, 3.63) is 45.3 Å². The highest BCUT2D eigenvalue weighted by Gasteiger charge is 2.19. The number of ether oxygens (including phenoxy) is 1. The minimum atomic E-state index is -0.518. The number of nitro benzene ring substituents is 1. The molecule has 0 radical (unpaired) electrons. The van der Waals surface area contributed by atoms with Gasteiger partial charge in [0.2, 0.25) is 5.91 Å². The summed E-state index contributed by atoms with van der Waals surface area (Å²) < 4.78 is 7.03. The second-order valence-corrected chi connectivity index (χ2v) is 7.85. The molecule has 0 saturated heterocycles. The third-order valence-electron chi connectivity index (χ3n) is 4.10. The van der Waals surface area contributed by atoms with Gasteiger partial charge in [-0.1, -0.05) is 17.8 Å². The van der Waals surface area contributed by atoms with Gasteiger partial charge in [-0.05, 0) is 30.9 Å². The number of aryl methyl sites for hydroxylation is 1. The maximum atomic E-state index is 12.4. The van der Waals surface area contributed by atoms with E-state index in [4.69, 9.17) is 4.74 Å². The van der Waals surface area contributed by atoms with Gasteiger partial charge in [0.25, 0.3) is 0 Å². The summed E-state index contributed by atoms with van der Waals surface area (Å²) >= 11 is 2.86. The number of amides is 1. The highest BCUT2D eigenvalue weighted by Crippen LogP contribution is 2.33. The van der Waals surface area contributed by atoms with Gasteiger partial charge < -0.3 is 14.6 Å². The molecule has 1 N–H and O–H groups in total. The van der Waals surface area contributed by atoms with Gasteiger partial charge in [-0.15, -0.1) is 21.5 Å². The van der Waals surface area contributed by atoms with Crippen LogP contribution in [0.1, 0.15) is 12.5 Å². The lowest BCUT2D eigenvalue weighted by Gasteiger charge is -2.11. The van der Waals surface area contributed by atoms with E-state index in [0.29, 0.717) is 23.0 Å². The van der Waals surface area contributed by atoms with Crippen molar-refractivity contribution in [1.82, 2.24) is 14.8 Å². The van der Waals surface area contributed by atoms with Crippen LogP contribution in [0.2, 0.25) is 0 Å². The van der Waals surface area contributed by atoms with E-state index in [0.717, 1.165) is 10.7 Å². The SMILES string of the molecule is CCn1c(SCC(=O)Nc2cc(OC)c([N+](=O)[O-])cc2C)nnc1-c1cccs1. The van der Waals surface area contributed by atoms with Crippen LogP contribution < -0.4 is 10.1 Å². The fraction of sp³-hybridized carbons (Fsp3) is 0.278. The zero-order valence-electron chi connectivity index (χ0n) is 16.0. The Balaban J connectivity index is 1.70. The van der Waals surface area contributed by atoms with E-state index in [1.807, 2.05) is 29.0 Å². The van der Waals surface area contributed by atoms with Crippen LogP contribution in [0.3, 0.4) is 0 Å². The van der Waals surface area contributed by atoms with E-state index in [9.17, 15) is 14.9 Å². The summed E-state index contributed by atoms with van der Waals surface area (Å²) in [7, 11) is 1.35. The quantitative estimate of drug-likeness (QED) is 0.325. The molecule has 0 unspecified atom stereocenters. The van der Waals surface area contributed by atoms with Gasteiger partial charge in [-0.25, -0.2) is 0 Å². The van der Waals surface area contributed by atoms with E-state index in [1.165, 1.54) is 31.0 Å². The number of thioether (sulfide) groups is 1. The first-order valence-electron chi connectivity index (χ1n) is 8.67. The average molecular weight is 434 g/mol. The molecule has 0 aliphatic carbocycles. The van der Waals surface area contributed by atoms with Crippen LogP contribution >= 0.6 is 23.1 Å². The molecule has 0 bridgehead atoms. The van der Waals surface area contributed by atoms with Gasteiger partial charge in [0.15, 0.2) is 16.7 Å². The van der Waals surface area contributed by atoms with Crippen molar-refractivity contribution in [3.8, 4) is 16.5 Å². The van der Waals surface area contributed by atoms with E-state index < -0.39 is 4.92 Å². The lowest BCUT2D eigenvalue weighted by atomic mass is 10.1. The third kappa shape index (κ3) is 4.57. The van der Waals surface area contributed by atoms with E-state index in [-0.39, 0.29) is 23.1 Å². The number of nitrogens with one attached hydrogen (secondary N) is 1. The van der Waals surface area contributed by atoms with Crippen molar-refractivity contribution in [2.24, 2.45) is 0 Å². The molecule has 0 fully saturated rings. The number of hydrogen-bond acceptors (Lipinski definition) is 8. The Morgan fingerprint density at radius 2 is 2.21 bits per heavy atom. The predicted octanol–water partition coefficient (Wildman–Crippen LogP) is 3.98. The average Bonchev–Trinajstić information content (AvgIpc) is 3.36. The number of aromatic nitrogens is 3. The summed E-state index contributed by atoms with van der Waals surface area (Å²) in [5, 5.41) is 25.0. The van der Waals surface area contributed by atoms with Crippen molar-refractivity contribution in [2.75, 3.05) is 18.2 Å². The van der Waals surface area contributed by atoms with Crippen LogP contribution in [0.15, 0.2) is 34.8 Å². The highest BCUT2D eigenvalue weighted by atomic mass is 32.2. The van der Waals surface area contributed by atoms with Gasteiger partial charge in [0.1, 0.15) is 0 Å². The van der Waals surface area contributed by atoms with Crippen LogP contribution in [-0.4, -0.2) is 38.5 Å². The topological polar surface area (TPSA) is 112 Å². The normalized spacial score (nSPS) is 10.7. The minimum absolute atomic E-state index is 0.0925. The van der Waals surface area contributed by atoms with E-state index in [2.05, 4.69) is 15.5 Å². The molecular weight excluding hydrogens is 414 g/mol. The summed E-state index contributed by atoms with van der Waals surface area (Å²) in [6, 6.07) is 6.77. The number of anilines is 1. The predicted molar refractivity (Wildman–Crippen MR) is 113 cm³/mol. The molecule has 3 aromatic rings. The van der Waals surface area contributed by atoms with Crippen molar-refractivity contribution < 1.29 is 14.5 Å². The molecule has 0 atom stereocenters. The van der Waals surface area contributed by atoms with E-state index in [1.54, 1.807) is 18.3 Å². The Morgan fingerprint density at radius 3 is 2.83 bits per heavy atom. The number of nitro groups is 1. The van der Waals surface area contributed by atoms with Crippen molar-refractivity contribution in [3.63, 3.8) is 0 Å². The van der Waals surface area contributed by atoms with Crippen LogP contribution in [0, 0.1) is 17.0 Å². The molecule has 9 nitrogen and oxygen atoms in total. The molecule has 152 valence electrons. The summed E-state index contributed by atoms with van der Waals surface area (Å²) in [5.41, 5.74) is 0.899. The zero-order chi connectivity index (χ0) is 21.0. The first-order valence-corrected chi connectivity index (χ1v) is 10.5. The minimum Gasteiger partial charge on any atom is -0.490 e. The van der Waals surface area contributed by atoms with Crippen LogP contribution in [0.25, 0.3) is 10.7 Å². The van der Waals surface area contributed by atoms with E-state index >= 15 is 0 Å². The fourth-order valence-corrected chi connectivity index (χ4v) is 4.22. The van der Waals surface area contributed by atoms with Crippen molar-refractivity contribution in [2.45, 2.75) is 25.5 Å². The number of nitrogens with zero attached hydrogens (tertiary/aromatic N) is 4. The molecule has 0 aliphatic heterocycles. The second kappa shape index (κ2) is 9.05. The number of thiophene rings is 1. The Labute approximate surface area is 175 Å². The second-order valence-electron chi connectivity index (χ2n) is 5.96.